The van der Waals surface area contributed by atoms with E-state index < -0.39 is 0 Å². The molecule has 3 rings (SSSR count). The first-order valence-electron chi connectivity index (χ1n) is 7.42. The lowest BCUT2D eigenvalue weighted by molar-refractivity contribution is 0.331. The summed E-state index contributed by atoms with van der Waals surface area (Å²) in [4.78, 5) is 0. The SMILES string of the molecule is CCC(CC)C1(C)c2ccccc2-c2ccccc21. The molecule has 0 saturated heterocycles. The molecule has 0 atom stereocenters. The molecule has 0 spiro atoms. The number of hydrogen-bond donors (Lipinski definition) is 0. The molecule has 0 heteroatoms. The zero-order chi connectivity index (χ0) is 13.5. The minimum Gasteiger partial charge on any atom is -0.0651 e. The van der Waals surface area contributed by atoms with Crippen molar-refractivity contribution in [1.29, 1.82) is 0 Å². The third-order valence-corrected chi connectivity index (χ3v) is 5.07. The average molecular weight is 250 g/mol. The van der Waals surface area contributed by atoms with Crippen LogP contribution in [0.4, 0.5) is 0 Å². The molecule has 0 nitrogen and oxygen atoms in total. The number of fused-ring (bicyclic) bond motifs is 3. The Labute approximate surface area is 116 Å². The van der Waals surface area contributed by atoms with Gasteiger partial charge in [-0.05, 0) is 28.2 Å². The molecule has 0 heterocycles. The van der Waals surface area contributed by atoms with Gasteiger partial charge in [0, 0.05) is 5.41 Å². The van der Waals surface area contributed by atoms with Crippen molar-refractivity contribution in [2.75, 3.05) is 0 Å². The predicted octanol–water partition coefficient (Wildman–Crippen LogP) is 5.41. The van der Waals surface area contributed by atoms with Crippen molar-refractivity contribution in [3.63, 3.8) is 0 Å². The third-order valence-electron chi connectivity index (χ3n) is 5.07. The van der Waals surface area contributed by atoms with Crippen LogP contribution in [0.1, 0.15) is 44.7 Å². The Morgan fingerprint density at radius 2 is 1.21 bits per heavy atom. The summed E-state index contributed by atoms with van der Waals surface area (Å²) in [6, 6.07) is 17.9. The molecule has 1 aliphatic rings. The van der Waals surface area contributed by atoms with Crippen LogP contribution in [0.15, 0.2) is 48.5 Å². The van der Waals surface area contributed by atoms with Crippen LogP contribution in [0.25, 0.3) is 11.1 Å². The van der Waals surface area contributed by atoms with Gasteiger partial charge >= 0.3 is 0 Å². The van der Waals surface area contributed by atoms with E-state index in [0.717, 1.165) is 0 Å². The van der Waals surface area contributed by atoms with E-state index in [0.29, 0.717) is 5.92 Å². The Morgan fingerprint density at radius 1 is 0.789 bits per heavy atom. The monoisotopic (exact) mass is 250 g/mol. The maximum absolute atomic E-state index is 2.44. The lowest BCUT2D eigenvalue weighted by atomic mass is 9.68. The van der Waals surface area contributed by atoms with Crippen molar-refractivity contribution in [2.24, 2.45) is 5.92 Å². The third kappa shape index (κ3) is 1.59. The summed E-state index contributed by atoms with van der Waals surface area (Å²) in [5.41, 5.74) is 6.09. The fraction of sp³-hybridized carbons (Fsp3) is 0.368. The highest BCUT2D eigenvalue weighted by Crippen LogP contribution is 2.53. The van der Waals surface area contributed by atoms with Crippen molar-refractivity contribution in [1.82, 2.24) is 0 Å². The van der Waals surface area contributed by atoms with Crippen molar-refractivity contribution in [2.45, 2.75) is 39.0 Å². The molecule has 2 aromatic rings. The summed E-state index contributed by atoms with van der Waals surface area (Å²) in [6.07, 6.45) is 2.46. The van der Waals surface area contributed by atoms with Gasteiger partial charge in [0.15, 0.2) is 0 Å². The van der Waals surface area contributed by atoms with Crippen LogP contribution in [-0.4, -0.2) is 0 Å². The van der Waals surface area contributed by atoms with E-state index >= 15 is 0 Å². The van der Waals surface area contributed by atoms with Gasteiger partial charge in [-0.1, -0.05) is 82.1 Å². The molecule has 0 N–H and O–H groups in total. The first-order chi connectivity index (χ1) is 9.23. The van der Waals surface area contributed by atoms with Crippen molar-refractivity contribution in [3.8, 4) is 11.1 Å². The summed E-state index contributed by atoms with van der Waals surface area (Å²) < 4.78 is 0. The maximum Gasteiger partial charge on any atom is 0.0214 e. The van der Waals surface area contributed by atoms with E-state index in [-0.39, 0.29) is 5.41 Å². The molecule has 0 fully saturated rings. The van der Waals surface area contributed by atoms with E-state index in [9.17, 15) is 0 Å². The summed E-state index contributed by atoms with van der Waals surface area (Å²) in [5.74, 6) is 0.706. The molecule has 1 aliphatic carbocycles. The van der Waals surface area contributed by atoms with Gasteiger partial charge in [-0.15, -0.1) is 0 Å². The van der Waals surface area contributed by atoms with Crippen LogP contribution in [0.3, 0.4) is 0 Å². The zero-order valence-corrected chi connectivity index (χ0v) is 12.1. The highest BCUT2D eigenvalue weighted by Gasteiger charge is 2.43. The highest BCUT2D eigenvalue weighted by molar-refractivity contribution is 5.80. The first kappa shape index (κ1) is 12.5. The van der Waals surface area contributed by atoms with Gasteiger partial charge in [-0.3, -0.25) is 0 Å². The van der Waals surface area contributed by atoms with Crippen LogP contribution in [0, 0.1) is 5.92 Å². The fourth-order valence-corrected chi connectivity index (χ4v) is 4.03. The quantitative estimate of drug-likeness (QED) is 0.683. The first-order valence-corrected chi connectivity index (χ1v) is 7.42. The van der Waals surface area contributed by atoms with Gasteiger partial charge in [0.25, 0.3) is 0 Å². The number of benzene rings is 2. The second-order valence-corrected chi connectivity index (χ2v) is 5.81. The summed E-state index contributed by atoms with van der Waals surface area (Å²) in [5, 5.41) is 0. The maximum atomic E-state index is 2.44. The van der Waals surface area contributed by atoms with Gasteiger partial charge in [0.2, 0.25) is 0 Å². The van der Waals surface area contributed by atoms with Crippen molar-refractivity contribution < 1.29 is 0 Å². The summed E-state index contributed by atoms with van der Waals surface area (Å²) >= 11 is 0. The Morgan fingerprint density at radius 3 is 1.63 bits per heavy atom. The Bertz CT molecular complexity index is 545. The predicted molar refractivity (Wildman–Crippen MR) is 82.4 cm³/mol. The van der Waals surface area contributed by atoms with Crippen LogP contribution in [0.5, 0.6) is 0 Å². The Hall–Kier alpha value is -1.56. The van der Waals surface area contributed by atoms with Gasteiger partial charge in [-0.2, -0.15) is 0 Å². The topological polar surface area (TPSA) is 0 Å². The molecule has 98 valence electrons. The van der Waals surface area contributed by atoms with E-state index in [4.69, 9.17) is 0 Å². The number of hydrogen-bond acceptors (Lipinski definition) is 0. The molecule has 2 aromatic carbocycles. The van der Waals surface area contributed by atoms with Gasteiger partial charge in [0.1, 0.15) is 0 Å². The normalized spacial score (nSPS) is 15.4. The minimum absolute atomic E-state index is 0.177. The fourth-order valence-electron chi connectivity index (χ4n) is 4.03. The Kier molecular flexibility index (Phi) is 2.97. The molecular formula is C19H22. The second kappa shape index (κ2) is 4.52. The molecule has 0 aliphatic heterocycles. The smallest absolute Gasteiger partial charge is 0.0214 e. The van der Waals surface area contributed by atoms with Gasteiger partial charge in [0.05, 0.1) is 0 Å². The molecule has 0 saturated carbocycles. The molecule has 0 unspecified atom stereocenters. The molecule has 0 aromatic heterocycles. The molecule has 19 heavy (non-hydrogen) atoms. The largest absolute Gasteiger partial charge is 0.0651 e. The molecule has 0 bridgehead atoms. The molecular weight excluding hydrogens is 228 g/mol. The van der Waals surface area contributed by atoms with Crippen LogP contribution in [-0.2, 0) is 5.41 Å². The van der Waals surface area contributed by atoms with E-state index in [1.54, 1.807) is 0 Å². The number of rotatable bonds is 3. The Balaban J connectivity index is 2.31. The van der Waals surface area contributed by atoms with E-state index in [1.807, 2.05) is 0 Å². The summed E-state index contributed by atoms with van der Waals surface area (Å²) in [7, 11) is 0. The standard InChI is InChI=1S/C19H22/c1-4-14(5-2)19(3)17-12-8-6-10-15(17)16-11-7-9-13-18(16)19/h6-14H,4-5H2,1-3H3. The molecule has 0 amide bonds. The van der Waals surface area contributed by atoms with E-state index in [2.05, 4.69) is 69.3 Å². The van der Waals surface area contributed by atoms with Gasteiger partial charge in [-0.25, -0.2) is 0 Å². The lowest BCUT2D eigenvalue weighted by Crippen LogP contribution is -2.30. The van der Waals surface area contributed by atoms with Crippen LogP contribution >= 0.6 is 0 Å². The minimum atomic E-state index is 0.177. The van der Waals surface area contributed by atoms with Crippen LogP contribution < -0.4 is 0 Å². The summed E-state index contributed by atoms with van der Waals surface area (Å²) in [6.45, 7) is 7.08. The average Bonchev–Trinajstić information content (AvgIpc) is 2.72. The van der Waals surface area contributed by atoms with Crippen molar-refractivity contribution >= 4 is 0 Å². The molecule has 0 radical (unpaired) electrons. The van der Waals surface area contributed by atoms with E-state index in [1.165, 1.54) is 35.1 Å². The van der Waals surface area contributed by atoms with Crippen LogP contribution in [0.2, 0.25) is 0 Å². The lowest BCUT2D eigenvalue weighted by Gasteiger charge is -2.35. The second-order valence-electron chi connectivity index (χ2n) is 5.81. The van der Waals surface area contributed by atoms with Gasteiger partial charge < -0.3 is 0 Å². The zero-order valence-electron chi connectivity index (χ0n) is 12.1. The highest BCUT2D eigenvalue weighted by atomic mass is 14.5. The van der Waals surface area contributed by atoms with Crippen molar-refractivity contribution in [3.05, 3.63) is 59.7 Å².